The first-order chi connectivity index (χ1) is 5.20. The number of carbonyl (C=O) groups excluding carboxylic acids is 1. The molecule has 2 heteroatoms. The number of hydrogen-bond donors (Lipinski definition) is 0. The van der Waals surface area contributed by atoms with Crippen molar-refractivity contribution in [2.45, 2.75) is 32.7 Å². The highest BCUT2D eigenvalue weighted by Crippen LogP contribution is 2.45. The molecule has 2 nitrogen and oxygen atoms in total. The fourth-order valence-corrected chi connectivity index (χ4v) is 2.01. The molecule has 1 aliphatic heterocycles. The highest BCUT2D eigenvalue weighted by atomic mass is 16.2. The molecule has 0 aromatic heterocycles. The van der Waals surface area contributed by atoms with Crippen LogP contribution in [0.3, 0.4) is 0 Å². The Bertz CT molecular complexity index is 188. The summed E-state index contributed by atoms with van der Waals surface area (Å²) in [4.78, 5) is 13.6. The molecule has 2 unspecified atom stereocenters. The summed E-state index contributed by atoms with van der Waals surface area (Å²) in [6.07, 6.45) is 2.41. The van der Waals surface area contributed by atoms with Crippen LogP contribution in [-0.4, -0.2) is 23.4 Å². The average Bonchev–Trinajstić information content (AvgIpc) is 2.66. The van der Waals surface area contributed by atoms with Gasteiger partial charge in [-0.1, -0.05) is 0 Å². The third kappa shape index (κ3) is 1.05. The molecule has 1 saturated carbocycles. The molecule has 0 aromatic carbocycles. The number of likely N-dealkylation sites (tertiary alicyclic amines) is 1. The van der Waals surface area contributed by atoms with Crippen LogP contribution in [0, 0.1) is 11.8 Å². The summed E-state index contributed by atoms with van der Waals surface area (Å²) < 4.78 is 0. The lowest BCUT2D eigenvalue weighted by Gasteiger charge is -2.29. The Morgan fingerprint density at radius 2 is 2.27 bits per heavy atom. The van der Waals surface area contributed by atoms with Crippen LogP contribution in [-0.2, 0) is 4.79 Å². The summed E-state index contributed by atoms with van der Waals surface area (Å²) in [5.74, 6) is 1.60. The van der Waals surface area contributed by atoms with Crippen LogP contribution in [0.1, 0.15) is 26.7 Å². The minimum absolute atomic E-state index is 0.407. The minimum Gasteiger partial charge on any atom is -0.340 e. The zero-order valence-corrected chi connectivity index (χ0v) is 7.21. The maximum absolute atomic E-state index is 11.5. The van der Waals surface area contributed by atoms with Crippen molar-refractivity contribution in [1.29, 1.82) is 0 Å². The quantitative estimate of drug-likeness (QED) is 0.555. The summed E-state index contributed by atoms with van der Waals surface area (Å²) >= 11 is 0. The predicted molar refractivity (Wildman–Crippen MR) is 43.1 cm³/mol. The molecular weight excluding hydrogens is 138 g/mol. The fraction of sp³-hybridized carbons (Fsp3) is 0.889. The second-order valence-corrected chi connectivity index (χ2v) is 4.02. The summed E-state index contributed by atoms with van der Waals surface area (Å²) in [7, 11) is 0. The molecule has 2 aliphatic rings. The fourth-order valence-electron chi connectivity index (χ4n) is 2.01. The van der Waals surface area contributed by atoms with Gasteiger partial charge in [0.1, 0.15) is 0 Å². The lowest BCUT2D eigenvalue weighted by Crippen LogP contribution is -2.41. The Hall–Kier alpha value is -0.530. The standard InChI is InChI=1S/C9H15NO/c1-6(2)10-4-3-7-5-8(7)9(10)11/h6-8H,3-5H2,1-2H3. The zero-order chi connectivity index (χ0) is 8.01. The predicted octanol–water partition coefficient (Wildman–Crippen LogP) is 1.26. The van der Waals surface area contributed by atoms with E-state index in [-0.39, 0.29) is 0 Å². The summed E-state index contributed by atoms with van der Waals surface area (Å²) in [6.45, 7) is 5.19. The van der Waals surface area contributed by atoms with Gasteiger partial charge in [0, 0.05) is 18.5 Å². The molecule has 62 valence electrons. The number of carbonyl (C=O) groups is 1. The van der Waals surface area contributed by atoms with Crippen LogP contribution >= 0.6 is 0 Å². The first-order valence-electron chi connectivity index (χ1n) is 4.50. The van der Waals surface area contributed by atoms with Gasteiger partial charge >= 0.3 is 0 Å². The van der Waals surface area contributed by atoms with Crippen molar-refractivity contribution in [2.24, 2.45) is 11.8 Å². The van der Waals surface area contributed by atoms with E-state index >= 15 is 0 Å². The zero-order valence-electron chi connectivity index (χ0n) is 7.21. The Labute approximate surface area is 67.6 Å². The Morgan fingerprint density at radius 1 is 1.55 bits per heavy atom. The van der Waals surface area contributed by atoms with Crippen molar-refractivity contribution in [1.82, 2.24) is 4.90 Å². The van der Waals surface area contributed by atoms with E-state index in [1.807, 2.05) is 4.90 Å². The van der Waals surface area contributed by atoms with Gasteiger partial charge in [-0.05, 0) is 32.6 Å². The molecule has 0 N–H and O–H groups in total. The van der Waals surface area contributed by atoms with E-state index in [4.69, 9.17) is 0 Å². The number of nitrogens with zero attached hydrogens (tertiary/aromatic N) is 1. The number of fused-ring (bicyclic) bond motifs is 1. The van der Waals surface area contributed by atoms with Gasteiger partial charge in [-0.25, -0.2) is 0 Å². The highest BCUT2D eigenvalue weighted by molar-refractivity contribution is 5.82. The summed E-state index contributed by atoms with van der Waals surface area (Å²) in [5, 5.41) is 0. The number of hydrogen-bond acceptors (Lipinski definition) is 1. The van der Waals surface area contributed by atoms with Gasteiger partial charge in [0.05, 0.1) is 0 Å². The topological polar surface area (TPSA) is 20.3 Å². The van der Waals surface area contributed by atoms with Gasteiger partial charge in [-0.15, -0.1) is 0 Å². The van der Waals surface area contributed by atoms with E-state index in [2.05, 4.69) is 13.8 Å². The van der Waals surface area contributed by atoms with Crippen molar-refractivity contribution < 1.29 is 4.79 Å². The molecule has 0 bridgehead atoms. The van der Waals surface area contributed by atoms with Crippen LogP contribution in [0.2, 0.25) is 0 Å². The highest BCUT2D eigenvalue weighted by Gasteiger charge is 2.48. The number of piperidine rings is 1. The van der Waals surface area contributed by atoms with Gasteiger partial charge < -0.3 is 4.90 Å². The van der Waals surface area contributed by atoms with Crippen LogP contribution < -0.4 is 0 Å². The second kappa shape index (κ2) is 2.23. The normalized spacial score (nSPS) is 35.9. The van der Waals surface area contributed by atoms with Crippen molar-refractivity contribution in [3.8, 4) is 0 Å². The van der Waals surface area contributed by atoms with E-state index in [1.165, 1.54) is 12.8 Å². The Morgan fingerprint density at radius 3 is 2.91 bits per heavy atom. The molecule has 11 heavy (non-hydrogen) atoms. The van der Waals surface area contributed by atoms with E-state index in [0.29, 0.717) is 17.9 Å². The second-order valence-electron chi connectivity index (χ2n) is 4.02. The Kier molecular flexibility index (Phi) is 1.44. The van der Waals surface area contributed by atoms with E-state index in [1.54, 1.807) is 0 Å². The summed E-state index contributed by atoms with van der Waals surface area (Å²) in [5.41, 5.74) is 0. The largest absolute Gasteiger partial charge is 0.340 e. The molecule has 1 amide bonds. The van der Waals surface area contributed by atoms with Crippen molar-refractivity contribution in [2.75, 3.05) is 6.54 Å². The third-order valence-electron chi connectivity index (χ3n) is 2.89. The minimum atomic E-state index is 0.407. The van der Waals surface area contributed by atoms with Gasteiger partial charge in [-0.3, -0.25) is 4.79 Å². The van der Waals surface area contributed by atoms with Crippen LogP contribution in [0.15, 0.2) is 0 Å². The van der Waals surface area contributed by atoms with Crippen LogP contribution in [0.4, 0.5) is 0 Å². The summed E-state index contributed by atoms with van der Waals surface area (Å²) in [6, 6.07) is 0.407. The average molecular weight is 153 g/mol. The van der Waals surface area contributed by atoms with Crippen LogP contribution in [0.25, 0.3) is 0 Å². The van der Waals surface area contributed by atoms with Gasteiger partial charge in [0.15, 0.2) is 0 Å². The van der Waals surface area contributed by atoms with Gasteiger partial charge in [0.2, 0.25) is 5.91 Å². The third-order valence-corrected chi connectivity index (χ3v) is 2.89. The molecule has 0 radical (unpaired) electrons. The van der Waals surface area contributed by atoms with E-state index < -0.39 is 0 Å². The van der Waals surface area contributed by atoms with E-state index in [0.717, 1.165) is 12.5 Å². The molecule has 0 aromatic rings. The first-order valence-corrected chi connectivity index (χ1v) is 4.50. The molecule has 1 heterocycles. The van der Waals surface area contributed by atoms with Crippen LogP contribution in [0.5, 0.6) is 0 Å². The maximum atomic E-state index is 11.5. The number of rotatable bonds is 1. The molecule has 2 fully saturated rings. The molecule has 2 rings (SSSR count). The van der Waals surface area contributed by atoms with Crippen molar-refractivity contribution in [3.63, 3.8) is 0 Å². The smallest absolute Gasteiger partial charge is 0.226 e. The van der Waals surface area contributed by atoms with Gasteiger partial charge in [0.25, 0.3) is 0 Å². The SMILES string of the molecule is CC(C)N1CCC2CC2C1=O. The van der Waals surface area contributed by atoms with Crippen molar-refractivity contribution in [3.05, 3.63) is 0 Å². The maximum Gasteiger partial charge on any atom is 0.226 e. The van der Waals surface area contributed by atoms with E-state index in [9.17, 15) is 4.79 Å². The Balaban J connectivity index is 2.05. The van der Waals surface area contributed by atoms with Crippen molar-refractivity contribution >= 4 is 5.91 Å². The van der Waals surface area contributed by atoms with Gasteiger partial charge in [-0.2, -0.15) is 0 Å². The lowest BCUT2D eigenvalue weighted by atomic mass is 10.1. The molecule has 0 spiro atoms. The number of amides is 1. The molecular formula is C9H15NO. The monoisotopic (exact) mass is 153 g/mol. The molecule has 2 atom stereocenters. The molecule has 1 saturated heterocycles. The first kappa shape index (κ1) is 7.14. The lowest BCUT2D eigenvalue weighted by molar-refractivity contribution is -0.136. The molecule has 1 aliphatic carbocycles.